The van der Waals surface area contributed by atoms with E-state index in [1.165, 1.54) is 42.9 Å². The molecule has 0 atom stereocenters. The van der Waals surface area contributed by atoms with Crippen molar-refractivity contribution in [2.45, 2.75) is 45.1 Å². The molecule has 0 unspecified atom stereocenters. The molecule has 0 saturated heterocycles. The van der Waals surface area contributed by atoms with Crippen molar-refractivity contribution in [2.75, 3.05) is 0 Å². The van der Waals surface area contributed by atoms with Gasteiger partial charge in [0.2, 0.25) is 0 Å². The Labute approximate surface area is 111 Å². The molecule has 6 nitrogen and oxygen atoms in total. The third-order valence-corrected chi connectivity index (χ3v) is 3.82. The lowest BCUT2D eigenvalue weighted by Gasteiger charge is -2.21. The predicted octanol–water partition coefficient (Wildman–Crippen LogP) is 3.06. The van der Waals surface area contributed by atoms with Crippen LogP contribution in [-0.2, 0) is 6.54 Å². The largest absolute Gasteiger partial charge is 0.477 e. The fraction of sp³-hybridized carbons (Fsp3) is 0.615. The molecule has 0 aromatic carbocycles. The van der Waals surface area contributed by atoms with E-state index in [0.717, 1.165) is 12.5 Å². The van der Waals surface area contributed by atoms with E-state index in [9.17, 15) is 14.9 Å². The Kier molecular flexibility index (Phi) is 4.19. The monoisotopic (exact) mass is 266 g/mol. The average Bonchev–Trinajstić information content (AvgIpc) is 2.82. The Morgan fingerprint density at radius 3 is 2.68 bits per heavy atom. The first-order valence-electron chi connectivity index (χ1n) is 6.66. The molecule has 1 heterocycles. The van der Waals surface area contributed by atoms with E-state index in [1.807, 2.05) is 0 Å². The van der Waals surface area contributed by atoms with Crippen molar-refractivity contribution in [3.63, 3.8) is 0 Å². The quantitative estimate of drug-likeness (QED) is 0.655. The van der Waals surface area contributed by atoms with Gasteiger partial charge in [0.05, 0.1) is 11.1 Å². The van der Waals surface area contributed by atoms with Gasteiger partial charge in [-0.3, -0.25) is 10.1 Å². The molecule has 0 spiro atoms. The molecular weight excluding hydrogens is 248 g/mol. The van der Waals surface area contributed by atoms with Crippen molar-refractivity contribution < 1.29 is 14.8 Å². The van der Waals surface area contributed by atoms with Crippen LogP contribution >= 0.6 is 0 Å². The van der Waals surface area contributed by atoms with E-state index >= 15 is 0 Å². The normalized spacial score (nSPS) is 16.4. The maximum atomic E-state index is 11.1. The highest BCUT2D eigenvalue weighted by atomic mass is 16.6. The molecule has 2 rings (SSSR count). The van der Waals surface area contributed by atoms with E-state index < -0.39 is 10.9 Å². The maximum absolute atomic E-state index is 11.1. The van der Waals surface area contributed by atoms with Gasteiger partial charge in [0.15, 0.2) is 0 Å². The van der Waals surface area contributed by atoms with Crippen molar-refractivity contribution >= 4 is 11.7 Å². The molecule has 1 aliphatic carbocycles. The van der Waals surface area contributed by atoms with E-state index in [2.05, 4.69) is 0 Å². The van der Waals surface area contributed by atoms with Crippen LogP contribution < -0.4 is 0 Å². The summed E-state index contributed by atoms with van der Waals surface area (Å²) in [7, 11) is 0. The summed E-state index contributed by atoms with van der Waals surface area (Å²) in [5.41, 5.74) is -0.149. The van der Waals surface area contributed by atoms with Gasteiger partial charge < -0.3 is 9.67 Å². The number of nitro groups is 1. The van der Waals surface area contributed by atoms with Crippen LogP contribution in [0, 0.1) is 16.0 Å². The lowest BCUT2D eigenvalue weighted by atomic mass is 9.87. The van der Waals surface area contributed by atoms with Crippen molar-refractivity contribution in [3.8, 4) is 0 Å². The second-order valence-electron chi connectivity index (χ2n) is 5.13. The summed E-state index contributed by atoms with van der Waals surface area (Å²) in [5.74, 6) is -0.492. The zero-order chi connectivity index (χ0) is 13.8. The van der Waals surface area contributed by atoms with Crippen LogP contribution in [0.5, 0.6) is 0 Å². The topological polar surface area (TPSA) is 85.4 Å². The Hall–Kier alpha value is -1.85. The Morgan fingerprint density at radius 2 is 2.11 bits per heavy atom. The summed E-state index contributed by atoms with van der Waals surface area (Å²) in [6.45, 7) is 0.542. The lowest BCUT2D eigenvalue weighted by Crippen LogP contribution is -2.13. The predicted molar refractivity (Wildman–Crippen MR) is 69.2 cm³/mol. The van der Waals surface area contributed by atoms with Crippen molar-refractivity contribution in [1.29, 1.82) is 0 Å². The molecular formula is C13H18N2O4. The van der Waals surface area contributed by atoms with Gasteiger partial charge in [0.25, 0.3) is 5.69 Å². The maximum Gasteiger partial charge on any atom is 0.352 e. The van der Waals surface area contributed by atoms with Crippen molar-refractivity contribution in [1.82, 2.24) is 4.57 Å². The third-order valence-electron chi connectivity index (χ3n) is 3.82. The average molecular weight is 266 g/mol. The number of carbonyl (C=O) groups is 1. The molecule has 1 saturated carbocycles. The zero-order valence-corrected chi connectivity index (χ0v) is 10.7. The van der Waals surface area contributed by atoms with Gasteiger partial charge in [0, 0.05) is 12.6 Å². The minimum Gasteiger partial charge on any atom is -0.477 e. The Balaban J connectivity index is 2.05. The number of carboxylic acid groups (broad SMARTS) is 1. The molecule has 6 heteroatoms. The Morgan fingerprint density at radius 1 is 1.42 bits per heavy atom. The van der Waals surface area contributed by atoms with Gasteiger partial charge in [-0.1, -0.05) is 32.1 Å². The van der Waals surface area contributed by atoms with E-state index in [-0.39, 0.29) is 11.4 Å². The number of hydrogen-bond donors (Lipinski definition) is 1. The minimum atomic E-state index is -1.11. The number of carboxylic acids is 1. The number of aryl methyl sites for hydroxylation is 1. The van der Waals surface area contributed by atoms with Crippen molar-refractivity contribution in [3.05, 3.63) is 28.1 Å². The molecule has 1 aliphatic rings. The molecule has 104 valence electrons. The molecule has 0 radical (unpaired) electrons. The molecule has 1 N–H and O–H groups in total. The summed E-state index contributed by atoms with van der Waals surface area (Å²) in [6, 6.07) is 1.13. The molecule has 1 fully saturated rings. The van der Waals surface area contributed by atoms with Crippen LogP contribution in [0.15, 0.2) is 12.3 Å². The fourth-order valence-corrected chi connectivity index (χ4v) is 2.76. The van der Waals surface area contributed by atoms with Crippen LogP contribution in [0.3, 0.4) is 0 Å². The molecule has 0 bridgehead atoms. The first-order chi connectivity index (χ1) is 9.08. The van der Waals surface area contributed by atoms with Crippen LogP contribution in [0.2, 0.25) is 0 Å². The summed E-state index contributed by atoms with van der Waals surface area (Å²) >= 11 is 0. The van der Waals surface area contributed by atoms with E-state index in [1.54, 1.807) is 0 Å². The highest BCUT2D eigenvalue weighted by Gasteiger charge is 2.20. The van der Waals surface area contributed by atoms with Crippen molar-refractivity contribution in [2.24, 2.45) is 5.92 Å². The molecule has 19 heavy (non-hydrogen) atoms. The number of rotatable bonds is 5. The number of aromatic carboxylic acids is 1. The van der Waals surface area contributed by atoms with E-state index in [4.69, 9.17) is 5.11 Å². The van der Waals surface area contributed by atoms with Gasteiger partial charge in [0.1, 0.15) is 5.69 Å². The van der Waals surface area contributed by atoms with Crippen LogP contribution in [-0.4, -0.2) is 20.6 Å². The minimum absolute atomic E-state index is 0.00232. The first-order valence-corrected chi connectivity index (χ1v) is 6.66. The zero-order valence-electron chi connectivity index (χ0n) is 10.7. The third kappa shape index (κ3) is 3.33. The highest BCUT2D eigenvalue weighted by molar-refractivity contribution is 5.86. The van der Waals surface area contributed by atoms with Gasteiger partial charge in [-0.2, -0.15) is 0 Å². The smallest absolute Gasteiger partial charge is 0.352 e. The standard InChI is InChI=1S/C13H18N2O4/c16-13(17)12-8-11(15(18)19)9-14(12)7-6-10-4-2-1-3-5-10/h8-10H,1-7H2,(H,16,17). The number of aromatic nitrogens is 1. The Bertz CT molecular complexity index is 475. The molecule has 0 amide bonds. The second-order valence-corrected chi connectivity index (χ2v) is 5.13. The summed E-state index contributed by atoms with van der Waals surface area (Å²) in [5, 5.41) is 19.7. The van der Waals surface area contributed by atoms with Crippen LogP contribution in [0.25, 0.3) is 0 Å². The summed E-state index contributed by atoms with van der Waals surface area (Å²) in [4.78, 5) is 21.2. The highest BCUT2D eigenvalue weighted by Crippen LogP contribution is 2.27. The van der Waals surface area contributed by atoms with Crippen LogP contribution in [0.1, 0.15) is 49.0 Å². The van der Waals surface area contributed by atoms with Gasteiger partial charge in [-0.05, 0) is 12.3 Å². The van der Waals surface area contributed by atoms with Gasteiger partial charge in [-0.25, -0.2) is 4.79 Å². The first kappa shape index (κ1) is 13.6. The summed E-state index contributed by atoms with van der Waals surface area (Å²) in [6.07, 6.45) is 8.35. The molecule has 1 aromatic heterocycles. The second kappa shape index (κ2) is 5.86. The fourth-order valence-electron chi connectivity index (χ4n) is 2.76. The number of hydrogen-bond acceptors (Lipinski definition) is 3. The number of nitrogens with zero attached hydrogens (tertiary/aromatic N) is 2. The van der Waals surface area contributed by atoms with Gasteiger partial charge in [-0.15, -0.1) is 0 Å². The van der Waals surface area contributed by atoms with Crippen LogP contribution in [0.4, 0.5) is 5.69 Å². The lowest BCUT2D eigenvalue weighted by molar-refractivity contribution is -0.384. The van der Waals surface area contributed by atoms with Gasteiger partial charge >= 0.3 is 5.97 Å². The summed E-state index contributed by atoms with van der Waals surface area (Å²) < 4.78 is 1.50. The van der Waals surface area contributed by atoms with E-state index in [0.29, 0.717) is 12.5 Å². The molecule has 1 aromatic rings. The SMILES string of the molecule is O=C(O)c1cc([N+](=O)[O-])cn1CCC1CCCCC1. The molecule has 0 aliphatic heterocycles.